The lowest BCUT2D eigenvalue weighted by atomic mass is 9.90. The fourth-order valence-corrected chi connectivity index (χ4v) is 5.42. The summed E-state index contributed by atoms with van der Waals surface area (Å²) in [6.45, 7) is 6.69. The summed E-state index contributed by atoms with van der Waals surface area (Å²) < 4.78 is 8.58. The van der Waals surface area contributed by atoms with Gasteiger partial charge in [-0.2, -0.15) is 15.4 Å². The average molecular weight is 523 g/mol. The van der Waals surface area contributed by atoms with Crippen LogP contribution in [0.25, 0.3) is 11.2 Å². The Morgan fingerprint density at radius 1 is 1.05 bits per heavy atom. The molecule has 200 valence electrons. The number of pyridine rings is 1. The lowest BCUT2D eigenvalue weighted by Crippen LogP contribution is -2.18. The zero-order valence-corrected chi connectivity index (χ0v) is 22.3. The van der Waals surface area contributed by atoms with E-state index in [1.807, 2.05) is 23.0 Å². The van der Waals surface area contributed by atoms with Gasteiger partial charge in [-0.1, -0.05) is 50.2 Å². The zero-order valence-electron chi connectivity index (χ0n) is 22.3. The highest BCUT2D eigenvalue weighted by Gasteiger charge is 2.22. The minimum absolute atomic E-state index is 0.0152. The molecule has 0 amide bonds. The molecule has 4 heterocycles. The van der Waals surface area contributed by atoms with Gasteiger partial charge in [-0.25, -0.2) is 4.98 Å². The summed E-state index contributed by atoms with van der Waals surface area (Å²) in [5, 5.41) is 19.6. The third-order valence-corrected chi connectivity index (χ3v) is 7.24. The van der Waals surface area contributed by atoms with Gasteiger partial charge in [0, 0.05) is 18.7 Å². The molecule has 1 unspecified atom stereocenters. The van der Waals surface area contributed by atoms with E-state index in [0.29, 0.717) is 23.9 Å². The number of aromatic amines is 1. The van der Waals surface area contributed by atoms with Gasteiger partial charge in [0.2, 0.25) is 5.65 Å². The highest BCUT2D eigenvalue weighted by Crippen LogP contribution is 2.33. The van der Waals surface area contributed by atoms with Crippen molar-refractivity contribution >= 4 is 17.0 Å². The van der Waals surface area contributed by atoms with Crippen molar-refractivity contribution in [2.24, 2.45) is 5.92 Å². The van der Waals surface area contributed by atoms with Crippen LogP contribution >= 0.6 is 0 Å². The van der Waals surface area contributed by atoms with Crippen LogP contribution in [0.3, 0.4) is 0 Å². The van der Waals surface area contributed by atoms with E-state index in [4.69, 9.17) is 15.6 Å². The minimum atomic E-state index is -0.0152. The molecule has 0 radical (unpaired) electrons. The van der Waals surface area contributed by atoms with E-state index in [2.05, 4.69) is 88.2 Å². The van der Waals surface area contributed by atoms with Crippen molar-refractivity contribution in [3.05, 3.63) is 94.8 Å². The Labute approximate surface area is 227 Å². The maximum Gasteiger partial charge on any atom is 0.203 e. The fourth-order valence-electron chi connectivity index (χ4n) is 5.42. The second-order valence-electron chi connectivity index (χ2n) is 10.7. The van der Waals surface area contributed by atoms with Crippen LogP contribution in [0.5, 0.6) is 5.75 Å². The number of benzene rings is 2. The lowest BCUT2D eigenvalue weighted by Gasteiger charge is -2.22. The first kappa shape index (κ1) is 25.1. The monoisotopic (exact) mass is 522 g/mol. The van der Waals surface area contributed by atoms with E-state index in [-0.39, 0.29) is 12.0 Å². The molecule has 39 heavy (non-hydrogen) atoms. The van der Waals surface area contributed by atoms with Gasteiger partial charge in [0.15, 0.2) is 0 Å². The molecule has 2 aromatic carbocycles. The second kappa shape index (κ2) is 10.9. The highest BCUT2D eigenvalue weighted by atomic mass is 16.5. The van der Waals surface area contributed by atoms with Gasteiger partial charge in [-0.05, 0) is 71.3 Å². The van der Waals surface area contributed by atoms with Crippen LogP contribution in [0.15, 0.2) is 67.0 Å². The predicted molar refractivity (Wildman–Crippen MR) is 151 cm³/mol. The minimum Gasteiger partial charge on any atom is -0.486 e. The first-order valence-electron chi connectivity index (χ1n) is 13.6. The quantitative estimate of drug-likeness (QED) is 0.306. The van der Waals surface area contributed by atoms with Crippen LogP contribution in [-0.4, -0.2) is 36.7 Å². The molecule has 2 atom stereocenters. The van der Waals surface area contributed by atoms with E-state index in [1.54, 1.807) is 0 Å². The van der Waals surface area contributed by atoms with Gasteiger partial charge in [0.25, 0.3) is 0 Å². The summed E-state index contributed by atoms with van der Waals surface area (Å²) in [5.41, 5.74) is 13.1. The molecular weight excluding hydrogens is 488 g/mol. The molecule has 5 aromatic rings. The molecule has 1 aliphatic rings. The number of H-pyrrole nitrogens is 1. The number of nitrogen functional groups attached to an aromatic ring is 1. The molecule has 9 heteroatoms. The molecule has 0 saturated heterocycles. The van der Waals surface area contributed by atoms with E-state index >= 15 is 0 Å². The van der Waals surface area contributed by atoms with Crippen LogP contribution in [0.2, 0.25) is 0 Å². The Balaban J connectivity index is 1.38. The predicted octanol–water partition coefficient (Wildman–Crippen LogP) is 4.97. The Morgan fingerprint density at radius 3 is 2.82 bits per heavy atom. The number of hydrogen-bond acceptors (Lipinski definition) is 7. The SMILES string of the molecule is CC(C)C[C@H]1Oc2cccc(c2)Cn2cc(cn2)C(c2cc(N)nc3n[nH]nc23)CCNCc2cccc1c2. The number of hydrogen-bond donors (Lipinski definition) is 3. The first-order valence-corrected chi connectivity index (χ1v) is 13.6. The number of aromatic nitrogens is 6. The van der Waals surface area contributed by atoms with Crippen LogP contribution in [-0.2, 0) is 13.1 Å². The molecule has 1 aliphatic heterocycles. The lowest BCUT2D eigenvalue weighted by molar-refractivity contribution is 0.177. The Morgan fingerprint density at radius 2 is 1.92 bits per heavy atom. The standard InChI is InChI=1S/C30H34N8O/c1-19(2)11-27-22-7-3-5-20(12-22)15-32-10-9-25(26-14-28(31)34-30-29(26)35-37-36-30)23-16-33-38(18-23)17-21-6-4-8-24(13-21)39-27/h3-8,12-14,16,18-19,25,27,32H,9-11,15,17H2,1-2H3,(H3,31,34,35,36,37)/t25?,27-/m1/s1. The van der Waals surface area contributed by atoms with Crippen molar-refractivity contribution in [1.82, 2.24) is 35.5 Å². The molecule has 6 bridgehead atoms. The molecule has 0 spiro atoms. The molecule has 0 aliphatic carbocycles. The molecule has 4 N–H and O–H groups in total. The Bertz CT molecular complexity index is 1570. The molecule has 6 rings (SSSR count). The number of ether oxygens (including phenoxy) is 1. The van der Waals surface area contributed by atoms with E-state index < -0.39 is 0 Å². The number of nitrogens with one attached hydrogen (secondary N) is 2. The van der Waals surface area contributed by atoms with Crippen molar-refractivity contribution < 1.29 is 4.74 Å². The van der Waals surface area contributed by atoms with E-state index in [9.17, 15) is 0 Å². The topological polar surface area (TPSA) is 120 Å². The molecule has 3 aromatic heterocycles. The number of rotatable bonds is 3. The van der Waals surface area contributed by atoms with Gasteiger partial charge < -0.3 is 15.8 Å². The van der Waals surface area contributed by atoms with E-state index in [1.165, 1.54) is 11.1 Å². The average Bonchev–Trinajstić information content (AvgIpc) is 3.57. The summed E-state index contributed by atoms with van der Waals surface area (Å²) in [6.07, 6.45) is 5.82. The zero-order chi connectivity index (χ0) is 26.8. The fraction of sp³-hybridized carbons (Fsp3) is 0.333. The second-order valence-corrected chi connectivity index (χ2v) is 10.7. The van der Waals surface area contributed by atoms with E-state index in [0.717, 1.165) is 53.9 Å². The largest absolute Gasteiger partial charge is 0.486 e. The number of nitrogens with two attached hydrogens (primary N) is 1. The van der Waals surface area contributed by atoms with Crippen molar-refractivity contribution in [3.8, 4) is 5.75 Å². The van der Waals surface area contributed by atoms with Crippen molar-refractivity contribution in [1.29, 1.82) is 0 Å². The summed E-state index contributed by atoms with van der Waals surface area (Å²) in [5.74, 6) is 1.83. The molecular formula is C30H34N8O. The molecule has 9 nitrogen and oxygen atoms in total. The van der Waals surface area contributed by atoms with Crippen LogP contribution in [0.1, 0.15) is 66.5 Å². The van der Waals surface area contributed by atoms with Gasteiger partial charge in [0.1, 0.15) is 23.2 Å². The molecule has 0 saturated carbocycles. The third-order valence-electron chi connectivity index (χ3n) is 7.24. The number of nitrogens with zero attached hydrogens (tertiary/aromatic N) is 5. The maximum absolute atomic E-state index is 6.60. The maximum atomic E-state index is 6.60. The highest BCUT2D eigenvalue weighted by molar-refractivity contribution is 5.77. The number of fused-ring (bicyclic) bond motifs is 7. The van der Waals surface area contributed by atoms with Crippen molar-refractivity contribution in [3.63, 3.8) is 0 Å². The van der Waals surface area contributed by atoms with Crippen molar-refractivity contribution in [2.75, 3.05) is 12.3 Å². The van der Waals surface area contributed by atoms with Gasteiger partial charge in [0.05, 0.1) is 12.7 Å². The normalized spacial score (nSPS) is 18.1. The first-order chi connectivity index (χ1) is 19.0. The summed E-state index contributed by atoms with van der Waals surface area (Å²) in [4.78, 5) is 4.34. The van der Waals surface area contributed by atoms with Gasteiger partial charge in [-0.15, -0.1) is 5.10 Å². The van der Waals surface area contributed by atoms with Crippen LogP contribution in [0, 0.1) is 5.92 Å². The number of anilines is 1. The van der Waals surface area contributed by atoms with Crippen LogP contribution < -0.4 is 15.8 Å². The summed E-state index contributed by atoms with van der Waals surface area (Å²) in [6, 6.07) is 19.0. The van der Waals surface area contributed by atoms with Gasteiger partial charge in [-0.3, -0.25) is 4.68 Å². The molecule has 0 fully saturated rings. The Kier molecular flexibility index (Phi) is 6.98. The van der Waals surface area contributed by atoms with Crippen molar-refractivity contribution in [2.45, 2.75) is 51.8 Å². The third kappa shape index (κ3) is 5.63. The Hall–Kier alpha value is -4.24. The van der Waals surface area contributed by atoms with Crippen LogP contribution in [0.4, 0.5) is 5.82 Å². The van der Waals surface area contributed by atoms with Gasteiger partial charge >= 0.3 is 0 Å². The summed E-state index contributed by atoms with van der Waals surface area (Å²) >= 11 is 0. The smallest absolute Gasteiger partial charge is 0.203 e. The summed E-state index contributed by atoms with van der Waals surface area (Å²) in [7, 11) is 0.